The fraction of sp³-hybridized carbons (Fsp3) is 0.286. The highest BCUT2D eigenvalue weighted by atomic mass is 14.9. The van der Waals surface area contributed by atoms with Crippen LogP contribution in [0.5, 0.6) is 0 Å². The van der Waals surface area contributed by atoms with Gasteiger partial charge in [0.15, 0.2) is 0 Å². The van der Waals surface area contributed by atoms with E-state index < -0.39 is 0 Å². The third kappa shape index (κ3) is 3.64. The van der Waals surface area contributed by atoms with Crippen molar-refractivity contribution in [2.24, 2.45) is 0 Å². The minimum Gasteiger partial charge on any atom is -0.388 e. The average molecular weight is 229 g/mol. The summed E-state index contributed by atoms with van der Waals surface area (Å²) < 4.78 is 0. The number of benzene rings is 1. The Morgan fingerprint density at radius 1 is 1.18 bits per heavy atom. The molecule has 0 radical (unpaired) electrons. The lowest BCUT2D eigenvalue weighted by atomic mass is 10.2. The van der Waals surface area contributed by atoms with Gasteiger partial charge in [0.2, 0.25) is 0 Å². The number of aromatic amines is 1. The van der Waals surface area contributed by atoms with Gasteiger partial charge in [0.05, 0.1) is 0 Å². The molecule has 0 amide bonds. The minimum atomic E-state index is 0.917. The number of aromatic nitrogens is 1. The van der Waals surface area contributed by atoms with Crippen molar-refractivity contribution in [2.45, 2.75) is 13.0 Å². The molecule has 0 atom stereocenters. The summed E-state index contributed by atoms with van der Waals surface area (Å²) >= 11 is 0. The Morgan fingerprint density at radius 3 is 2.88 bits per heavy atom. The van der Waals surface area contributed by atoms with Crippen LogP contribution in [0.25, 0.3) is 0 Å². The van der Waals surface area contributed by atoms with E-state index in [1.54, 1.807) is 0 Å². The summed E-state index contributed by atoms with van der Waals surface area (Å²) in [6.45, 7) is 1.92. The summed E-state index contributed by atoms with van der Waals surface area (Å²) in [6.07, 6.45) is 5.07. The molecule has 1 aromatic heterocycles. The molecule has 2 rings (SSSR count). The molecule has 2 aromatic rings. The van der Waals surface area contributed by atoms with Crippen LogP contribution in [0.4, 0.5) is 5.69 Å². The number of nitrogens with one attached hydrogen (secondary N) is 3. The van der Waals surface area contributed by atoms with Crippen molar-refractivity contribution in [1.29, 1.82) is 0 Å². The maximum Gasteiger partial charge on any atom is 0.0340 e. The van der Waals surface area contributed by atoms with Gasteiger partial charge in [-0.15, -0.1) is 0 Å². The standard InChI is InChI=1S/C14H19N3/c1-15-14-4-2-3-13(9-14)11-17-8-6-12-5-7-16-10-12/h2-5,7,9-10,15-17H,6,8,11H2,1H3. The van der Waals surface area contributed by atoms with Gasteiger partial charge in [0, 0.05) is 31.7 Å². The van der Waals surface area contributed by atoms with E-state index in [1.165, 1.54) is 11.1 Å². The van der Waals surface area contributed by atoms with Gasteiger partial charge in [-0.25, -0.2) is 0 Å². The summed E-state index contributed by atoms with van der Waals surface area (Å²) in [4.78, 5) is 3.07. The second kappa shape index (κ2) is 6.11. The van der Waals surface area contributed by atoms with Crippen LogP contribution < -0.4 is 10.6 Å². The molecular weight excluding hydrogens is 210 g/mol. The topological polar surface area (TPSA) is 39.8 Å². The summed E-state index contributed by atoms with van der Waals surface area (Å²) in [5, 5.41) is 6.60. The summed E-state index contributed by atoms with van der Waals surface area (Å²) in [5.74, 6) is 0. The van der Waals surface area contributed by atoms with Crippen LogP contribution in [0.15, 0.2) is 42.7 Å². The molecule has 3 heteroatoms. The number of rotatable bonds is 6. The second-order valence-electron chi connectivity index (χ2n) is 4.10. The number of H-pyrrole nitrogens is 1. The summed E-state index contributed by atoms with van der Waals surface area (Å²) in [5.41, 5.74) is 3.82. The Labute approximate surface area is 102 Å². The van der Waals surface area contributed by atoms with Crippen molar-refractivity contribution in [2.75, 3.05) is 18.9 Å². The van der Waals surface area contributed by atoms with Crippen LogP contribution in [0, 0.1) is 0 Å². The van der Waals surface area contributed by atoms with Gasteiger partial charge in [-0.05, 0) is 42.3 Å². The van der Waals surface area contributed by atoms with E-state index in [2.05, 4.69) is 45.9 Å². The van der Waals surface area contributed by atoms with Gasteiger partial charge >= 0.3 is 0 Å². The number of hydrogen-bond donors (Lipinski definition) is 3. The first-order chi connectivity index (χ1) is 8.38. The van der Waals surface area contributed by atoms with Gasteiger partial charge in [0.25, 0.3) is 0 Å². The second-order valence-corrected chi connectivity index (χ2v) is 4.10. The molecular formula is C14H19N3. The fourth-order valence-electron chi connectivity index (χ4n) is 1.82. The van der Waals surface area contributed by atoms with Crippen molar-refractivity contribution < 1.29 is 0 Å². The van der Waals surface area contributed by atoms with Crippen LogP contribution in [0.2, 0.25) is 0 Å². The molecule has 17 heavy (non-hydrogen) atoms. The molecule has 90 valence electrons. The number of hydrogen-bond acceptors (Lipinski definition) is 2. The van der Waals surface area contributed by atoms with Crippen LogP contribution in [0.3, 0.4) is 0 Å². The number of anilines is 1. The van der Waals surface area contributed by atoms with Crippen molar-refractivity contribution in [1.82, 2.24) is 10.3 Å². The van der Waals surface area contributed by atoms with Gasteiger partial charge in [-0.3, -0.25) is 0 Å². The zero-order valence-corrected chi connectivity index (χ0v) is 10.2. The van der Waals surface area contributed by atoms with Crippen LogP contribution >= 0.6 is 0 Å². The molecule has 0 fully saturated rings. The maximum atomic E-state index is 3.45. The van der Waals surface area contributed by atoms with Crippen molar-refractivity contribution in [3.05, 3.63) is 53.9 Å². The highest BCUT2D eigenvalue weighted by Crippen LogP contribution is 2.09. The van der Waals surface area contributed by atoms with E-state index >= 15 is 0 Å². The van der Waals surface area contributed by atoms with Crippen LogP contribution in [0.1, 0.15) is 11.1 Å². The SMILES string of the molecule is CNc1cccc(CNCCc2cc[nH]c2)c1. The van der Waals surface area contributed by atoms with E-state index in [4.69, 9.17) is 0 Å². The van der Waals surface area contributed by atoms with Gasteiger partial charge in [0.1, 0.15) is 0 Å². The predicted molar refractivity (Wildman–Crippen MR) is 72.2 cm³/mol. The average Bonchev–Trinajstić information content (AvgIpc) is 2.88. The van der Waals surface area contributed by atoms with Crippen LogP contribution in [-0.2, 0) is 13.0 Å². The van der Waals surface area contributed by atoms with E-state index in [9.17, 15) is 0 Å². The molecule has 0 bridgehead atoms. The van der Waals surface area contributed by atoms with Crippen molar-refractivity contribution in [3.63, 3.8) is 0 Å². The van der Waals surface area contributed by atoms with E-state index in [0.29, 0.717) is 0 Å². The maximum absolute atomic E-state index is 3.45. The molecule has 0 saturated heterocycles. The molecule has 0 saturated carbocycles. The monoisotopic (exact) mass is 229 g/mol. The highest BCUT2D eigenvalue weighted by molar-refractivity contribution is 5.44. The summed E-state index contributed by atoms with van der Waals surface area (Å²) in [6, 6.07) is 10.6. The predicted octanol–water partition coefficient (Wildman–Crippen LogP) is 2.39. The molecule has 3 nitrogen and oxygen atoms in total. The Kier molecular flexibility index (Phi) is 4.22. The van der Waals surface area contributed by atoms with E-state index in [-0.39, 0.29) is 0 Å². The Morgan fingerprint density at radius 2 is 2.12 bits per heavy atom. The van der Waals surface area contributed by atoms with E-state index in [1.807, 2.05) is 19.4 Å². The van der Waals surface area contributed by atoms with Gasteiger partial charge in [-0.2, -0.15) is 0 Å². The zero-order valence-electron chi connectivity index (χ0n) is 10.2. The van der Waals surface area contributed by atoms with Crippen molar-refractivity contribution in [3.8, 4) is 0 Å². The third-order valence-corrected chi connectivity index (χ3v) is 2.80. The van der Waals surface area contributed by atoms with Crippen LogP contribution in [-0.4, -0.2) is 18.6 Å². The first kappa shape index (κ1) is 11.7. The molecule has 3 N–H and O–H groups in total. The lowest BCUT2D eigenvalue weighted by molar-refractivity contribution is 0.687. The first-order valence-corrected chi connectivity index (χ1v) is 5.97. The van der Waals surface area contributed by atoms with Gasteiger partial charge < -0.3 is 15.6 Å². The molecule has 0 unspecified atom stereocenters. The van der Waals surface area contributed by atoms with Crippen molar-refractivity contribution >= 4 is 5.69 Å². The Hall–Kier alpha value is -1.74. The first-order valence-electron chi connectivity index (χ1n) is 5.97. The molecule has 0 aliphatic heterocycles. The lowest BCUT2D eigenvalue weighted by Crippen LogP contribution is -2.16. The third-order valence-electron chi connectivity index (χ3n) is 2.80. The fourth-order valence-corrected chi connectivity index (χ4v) is 1.82. The molecule has 1 aromatic carbocycles. The smallest absolute Gasteiger partial charge is 0.0340 e. The normalized spacial score (nSPS) is 10.4. The molecule has 1 heterocycles. The Bertz CT molecular complexity index is 434. The quantitative estimate of drug-likeness (QED) is 0.666. The summed E-state index contributed by atoms with van der Waals surface area (Å²) in [7, 11) is 1.94. The molecule has 0 aliphatic rings. The molecule has 0 spiro atoms. The lowest BCUT2D eigenvalue weighted by Gasteiger charge is -2.06. The zero-order chi connectivity index (χ0) is 11.9. The minimum absolute atomic E-state index is 0.917. The molecule has 0 aliphatic carbocycles. The highest BCUT2D eigenvalue weighted by Gasteiger charge is 1.95. The Balaban J connectivity index is 1.74. The largest absolute Gasteiger partial charge is 0.388 e. The van der Waals surface area contributed by atoms with E-state index in [0.717, 1.165) is 25.2 Å². The van der Waals surface area contributed by atoms with Gasteiger partial charge in [-0.1, -0.05) is 12.1 Å².